The van der Waals surface area contributed by atoms with Crippen LogP contribution >= 0.6 is 11.6 Å². The summed E-state index contributed by atoms with van der Waals surface area (Å²) in [5.41, 5.74) is 0.934. The van der Waals surface area contributed by atoms with E-state index in [0.717, 1.165) is 37.5 Å². The molecule has 22 heavy (non-hydrogen) atoms. The Kier molecular flexibility index (Phi) is 5.50. The van der Waals surface area contributed by atoms with Gasteiger partial charge < -0.3 is 4.74 Å². The number of carbonyl (C=O) groups excluding carboxylic acids is 1. The van der Waals surface area contributed by atoms with Gasteiger partial charge >= 0.3 is 5.97 Å². The summed E-state index contributed by atoms with van der Waals surface area (Å²) < 4.78 is 28.8. The fraction of sp³-hybridized carbons (Fsp3) is 0.562. The molecule has 1 aliphatic rings. The number of sulfone groups is 1. The summed E-state index contributed by atoms with van der Waals surface area (Å²) in [4.78, 5) is 11.8. The Morgan fingerprint density at radius 3 is 2.68 bits per heavy atom. The lowest BCUT2D eigenvalue weighted by atomic mass is 9.96. The van der Waals surface area contributed by atoms with Crippen molar-refractivity contribution in [2.75, 3.05) is 6.26 Å². The van der Waals surface area contributed by atoms with Crippen molar-refractivity contribution in [2.45, 2.75) is 55.9 Å². The molecule has 6 heteroatoms. The van der Waals surface area contributed by atoms with Crippen molar-refractivity contribution in [1.82, 2.24) is 0 Å². The van der Waals surface area contributed by atoms with Crippen molar-refractivity contribution in [3.8, 4) is 0 Å². The minimum absolute atomic E-state index is 0.0897. The van der Waals surface area contributed by atoms with E-state index in [1.807, 2.05) is 6.92 Å². The predicted molar refractivity (Wildman–Crippen MR) is 85.9 cm³/mol. The van der Waals surface area contributed by atoms with E-state index in [0.29, 0.717) is 6.42 Å². The van der Waals surface area contributed by atoms with Crippen LogP contribution in [-0.2, 0) is 19.4 Å². The molecule has 0 aliphatic heterocycles. The zero-order chi connectivity index (χ0) is 16.3. The van der Waals surface area contributed by atoms with Crippen molar-refractivity contribution >= 4 is 27.4 Å². The van der Waals surface area contributed by atoms with E-state index in [4.69, 9.17) is 16.3 Å². The molecule has 0 aromatic heterocycles. The van der Waals surface area contributed by atoms with Crippen LogP contribution in [0, 0.1) is 0 Å². The molecule has 0 bridgehead atoms. The lowest BCUT2D eigenvalue weighted by molar-refractivity contribution is -0.149. The maximum atomic E-state index is 11.7. The summed E-state index contributed by atoms with van der Waals surface area (Å²) in [6.45, 7) is 1.94. The van der Waals surface area contributed by atoms with Gasteiger partial charge in [-0.15, -0.1) is 0 Å². The molecule has 1 saturated carbocycles. The number of benzene rings is 1. The maximum absolute atomic E-state index is 11.7. The highest BCUT2D eigenvalue weighted by molar-refractivity contribution is 7.90. The van der Waals surface area contributed by atoms with Crippen LogP contribution < -0.4 is 0 Å². The second-order valence-corrected chi connectivity index (χ2v) is 8.17. The molecule has 2 atom stereocenters. The second kappa shape index (κ2) is 7.01. The molecule has 4 nitrogen and oxygen atoms in total. The number of esters is 1. The van der Waals surface area contributed by atoms with Gasteiger partial charge in [0, 0.05) is 18.6 Å². The summed E-state index contributed by atoms with van der Waals surface area (Å²) in [5, 5.41) is 0.227. The van der Waals surface area contributed by atoms with Gasteiger partial charge in [-0.2, -0.15) is 0 Å². The van der Waals surface area contributed by atoms with Crippen molar-refractivity contribution in [2.24, 2.45) is 0 Å². The zero-order valence-corrected chi connectivity index (χ0v) is 14.4. The van der Waals surface area contributed by atoms with Crippen LogP contribution in [-0.4, -0.2) is 26.7 Å². The quantitative estimate of drug-likeness (QED) is 0.764. The first-order chi connectivity index (χ1) is 10.3. The molecule has 0 radical (unpaired) electrons. The molecule has 0 heterocycles. The van der Waals surface area contributed by atoms with Crippen molar-refractivity contribution in [1.29, 1.82) is 0 Å². The van der Waals surface area contributed by atoms with Gasteiger partial charge in [0.25, 0.3) is 0 Å². The van der Waals surface area contributed by atoms with Gasteiger partial charge in [-0.25, -0.2) is 8.42 Å². The fourth-order valence-electron chi connectivity index (χ4n) is 2.93. The van der Waals surface area contributed by atoms with Gasteiger partial charge in [-0.05, 0) is 43.4 Å². The lowest BCUT2D eigenvalue weighted by Crippen LogP contribution is -2.21. The number of hydrogen-bond acceptors (Lipinski definition) is 4. The number of ether oxygens (including phenoxy) is 1. The van der Waals surface area contributed by atoms with Crippen molar-refractivity contribution in [3.63, 3.8) is 0 Å². The Hall–Kier alpha value is -1.07. The van der Waals surface area contributed by atoms with E-state index in [-0.39, 0.29) is 27.9 Å². The summed E-state index contributed by atoms with van der Waals surface area (Å²) in [6, 6.07) is 5.00. The Morgan fingerprint density at radius 1 is 1.36 bits per heavy atom. The van der Waals surface area contributed by atoms with Crippen molar-refractivity contribution in [3.05, 3.63) is 28.8 Å². The molecule has 1 aliphatic carbocycles. The van der Waals surface area contributed by atoms with Crippen LogP contribution in [0.5, 0.6) is 0 Å². The summed E-state index contributed by atoms with van der Waals surface area (Å²) >= 11 is 6.11. The van der Waals surface area contributed by atoms with E-state index in [2.05, 4.69) is 0 Å². The molecule has 1 aromatic carbocycles. The minimum atomic E-state index is -3.33. The largest absolute Gasteiger partial charge is 0.462 e. The number of carbonyl (C=O) groups is 1. The van der Waals surface area contributed by atoms with E-state index in [1.165, 1.54) is 6.07 Å². The number of hydrogen-bond donors (Lipinski definition) is 0. The van der Waals surface area contributed by atoms with Crippen LogP contribution in [0.15, 0.2) is 23.1 Å². The standard InChI is InChI=1S/C16H21ClO4S/c1-3-5-16(18)21-14-7-4-6-12(14)11-8-9-15(13(17)10-11)22(2,19)20/h8-10,12,14H,3-7H2,1-2H3. The Morgan fingerprint density at radius 2 is 2.09 bits per heavy atom. The summed E-state index contributed by atoms with van der Waals surface area (Å²) in [5.74, 6) is -0.0785. The monoisotopic (exact) mass is 344 g/mol. The Labute approximate surface area is 136 Å². The predicted octanol–water partition coefficient (Wildman–Crippen LogP) is 3.72. The third kappa shape index (κ3) is 4.02. The van der Waals surface area contributed by atoms with Crippen molar-refractivity contribution < 1.29 is 17.9 Å². The lowest BCUT2D eigenvalue weighted by Gasteiger charge is -2.21. The highest BCUT2D eigenvalue weighted by Gasteiger charge is 2.32. The molecule has 0 saturated heterocycles. The highest BCUT2D eigenvalue weighted by atomic mass is 35.5. The first kappa shape index (κ1) is 17.3. The van der Waals surface area contributed by atoms with Gasteiger partial charge in [0.1, 0.15) is 6.10 Å². The summed E-state index contributed by atoms with van der Waals surface area (Å²) in [7, 11) is -3.33. The SMILES string of the molecule is CCCC(=O)OC1CCCC1c1ccc(S(C)(=O)=O)c(Cl)c1. The topological polar surface area (TPSA) is 60.4 Å². The third-order valence-corrected chi connectivity index (χ3v) is 5.55. The van der Waals surface area contributed by atoms with Crippen LogP contribution in [0.3, 0.4) is 0 Å². The molecule has 0 spiro atoms. The van der Waals surface area contributed by atoms with Crippen LogP contribution in [0.4, 0.5) is 0 Å². The molecule has 122 valence electrons. The third-order valence-electron chi connectivity index (χ3n) is 3.97. The average molecular weight is 345 g/mol. The fourth-order valence-corrected chi connectivity index (χ4v) is 4.27. The molecule has 2 rings (SSSR count). The molecule has 0 N–H and O–H groups in total. The van der Waals surface area contributed by atoms with Crippen LogP contribution in [0.25, 0.3) is 0 Å². The molecular weight excluding hydrogens is 324 g/mol. The highest BCUT2D eigenvalue weighted by Crippen LogP contribution is 2.38. The number of halogens is 1. The average Bonchev–Trinajstić information content (AvgIpc) is 2.85. The molecule has 0 amide bonds. The van der Waals surface area contributed by atoms with Gasteiger partial charge in [0.2, 0.25) is 0 Å². The molecule has 1 fully saturated rings. The van der Waals surface area contributed by atoms with E-state index in [9.17, 15) is 13.2 Å². The van der Waals surface area contributed by atoms with Crippen LogP contribution in [0.2, 0.25) is 5.02 Å². The Bertz CT molecular complexity index is 654. The normalized spacial score (nSPS) is 21.8. The Balaban J connectivity index is 2.20. The van der Waals surface area contributed by atoms with Gasteiger partial charge in [0.05, 0.1) is 9.92 Å². The van der Waals surface area contributed by atoms with Gasteiger partial charge in [0.15, 0.2) is 9.84 Å². The van der Waals surface area contributed by atoms with E-state index in [1.54, 1.807) is 12.1 Å². The van der Waals surface area contributed by atoms with E-state index < -0.39 is 9.84 Å². The number of rotatable bonds is 5. The second-order valence-electron chi connectivity index (χ2n) is 5.78. The minimum Gasteiger partial charge on any atom is -0.462 e. The van der Waals surface area contributed by atoms with Gasteiger partial charge in [-0.3, -0.25) is 4.79 Å². The smallest absolute Gasteiger partial charge is 0.306 e. The summed E-state index contributed by atoms with van der Waals surface area (Å²) in [6.07, 6.45) is 4.94. The molecule has 2 unspecified atom stereocenters. The van der Waals surface area contributed by atoms with Crippen LogP contribution in [0.1, 0.15) is 50.5 Å². The maximum Gasteiger partial charge on any atom is 0.306 e. The molecule has 1 aromatic rings. The van der Waals surface area contributed by atoms with E-state index >= 15 is 0 Å². The molecular formula is C16H21ClO4S. The zero-order valence-electron chi connectivity index (χ0n) is 12.8. The van der Waals surface area contributed by atoms with Gasteiger partial charge in [-0.1, -0.05) is 24.6 Å². The first-order valence-corrected chi connectivity index (χ1v) is 9.79. The first-order valence-electron chi connectivity index (χ1n) is 7.52.